The summed E-state index contributed by atoms with van der Waals surface area (Å²) in [6, 6.07) is 2.12. The molecule has 1 saturated heterocycles. The summed E-state index contributed by atoms with van der Waals surface area (Å²) in [6.07, 6.45) is 5.88. The van der Waals surface area contributed by atoms with E-state index in [9.17, 15) is 14.0 Å². The molecule has 2 saturated carbocycles. The first kappa shape index (κ1) is 21.7. The fourth-order valence-corrected chi connectivity index (χ4v) is 6.06. The number of carbonyl (C=O) groups is 2. The Hall–Kier alpha value is -1.53. The number of rotatable bonds is 4. The molecule has 1 aromatic rings. The molecule has 1 spiro atoms. The van der Waals surface area contributed by atoms with Gasteiger partial charge in [0.15, 0.2) is 0 Å². The van der Waals surface area contributed by atoms with Gasteiger partial charge in [0.05, 0.1) is 21.6 Å². The number of halogens is 3. The molecule has 0 aromatic heterocycles. The van der Waals surface area contributed by atoms with Crippen LogP contribution in [0.2, 0.25) is 10.0 Å². The molecule has 1 aromatic carbocycles. The van der Waals surface area contributed by atoms with Crippen LogP contribution in [0.3, 0.4) is 0 Å². The normalized spacial score (nSPS) is 28.8. The number of likely N-dealkylation sites (N-methyl/N-ethyl adjacent to an activating group) is 1. The molecular formula is C22H28Cl2FN3O2. The van der Waals surface area contributed by atoms with Gasteiger partial charge in [-0.05, 0) is 49.7 Å². The Morgan fingerprint density at radius 3 is 2.63 bits per heavy atom. The van der Waals surface area contributed by atoms with E-state index in [4.69, 9.17) is 23.2 Å². The van der Waals surface area contributed by atoms with Crippen LogP contribution < -0.4 is 10.6 Å². The van der Waals surface area contributed by atoms with Gasteiger partial charge in [0, 0.05) is 25.1 Å². The van der Waals surface area contributed by atoms with E-state index in [0.29, 0.717) is 19.4 Å². The zero-order valence-electron chi connectivity index (χ0n) is 17.4. The van der Waals surface area contributed by atoms with Crippen molar-refractivity contribution in [3.05, 3.63) is 33.6 Å². The largest absolute Gasteiger partial charge is 0.348 e. The summed E-state index contributed by atoms with van der Waals surface area (Å²) < 4.78 is 14.9. The molecule has 3 atom stereocenters. The van der Waals surface area contributed by atoms with Gasteiger partial charge in [0.2, 0.25) is 5.91 Å². The van der Waals surface area contributed by atoms with E-state index in [-0.39, 0.29) is 44.4 Å². The SMILES string of the molecule is CN1C[C@@]2(CC[C@@H](C(=O)N[C@@H](c3c(F)ccc(Cl)c3Cl)C3(C)CCCC3)C2)NC1=O. The first-order valence-electron chi connectivity index (χ1n) is 10.6. The molecular weight excluding hydrogens is 428 g/mol. The van der Waals surface area contributed by atoms with Crippen LogP contribution in [0.25, 0.3) is 0 Å². The molecule has 2 N–H and O–H groups in total. The third-order valence-electron chi connectivity index (χ3n) is 7.34. The van der Waals surface area contributed by atoms with Gasteiger partial charge >= 0.3 is 6.03 Å². The van der Waals surface area contributed by atoms with E-state index in [1.165, 1.54) is 12.1 Å². The number of carbonyl (C=O) groups excluding carboxylic acids is 2. The molecule has 1 aliphatic heterocycles. The van der Waals surface area contributed by atoms with Crippen molar-refractivity contribution in [2.24, 2.45) is 11.3 Å². The standard InChI is InChI=1S/C22H28Cl2FN3O2/c1-21(8-3-4-9-21)18(16-15(25)6-5-14(23)17(16)24)26-19(29)13-7-10-22(11-13)12-28(2)20(30)27-22/h5-6,13,18H,3-4,7-12H2,1-2H3,(H,26,29)(H,27,30)/t13-,18+,22+/m1/s1. The average molecular weight is 456 g/mol. The summed E-state index contributed by atoms with van der Waals surface area (Å²) in [4.78, 5) is 26.9. The predicted octanol–water partition coefficient (Wildman–Crippen LogP) is 5.06. The van der Waals surface area contributed by atoms with Crippen LogP contribution in [0.5, 0.6) is 0 Å². The highest BCUT2D eigenvalue weighted by Gasteiger charge is 2.49. The molecule has 164 valence electrons. The minimum atomic E-state index is -0.545. The molecule has 3 aliphatic rings. The van der Waals surface area contributed by atoms with Crippen LogP contribution >= 0.6 is 23.2 Å². The topological polar surface area (TPSA) is 61.4 Å². The lowest BCUT2D eigenvalue weighted by Gasteiger charge is -2.36. The lowest BCUT2D eigenvalue weighted by Crippen LogP contribution is -2.44. The van der Waals surface area contributed by atoms with Crippen LogP contribution in [0, 0.1) is 17.2 Å². The van der Waals surface area contributed by atoms with Crippen LogP contribution in [-0.4, -0.2) is 36.0 Å². The molecule has 3 fully saturated rings. The highest BCUT2D eigenvalue weighted by atomic mass is 35.5. The van der Waals surface area contributed by atoms with Crippen molar-refractivity contribution in [2.45, 2.75) is 63.5 Å². The zero-order valence-corrected chi connectivity index (χ0v) is 18.9. The zero-order chi connectivity index (χ0) is 21.7. The summed E-state index contributed by atoms with van der Waals surface area (Å²) in [7, 11) is 1.76. The highest BCUT2D eigenvalue weighted by molar-refractivity contribution is 6.42. The lowest BCUT2D eigenvalue weighted by molar-refractivity contribution is -0.126. The van der Waals surface area contributed by atoms with Crippen molar-refractivity contribution >= 4 is 35.1 Å². The number of amides is 3. The van der Waals surface area contributed by atoms with E-state index in [1.54, 1.807) is 11.9 Å². The van der Waals surface area contributed by atoms with Crippen molar-refractivity contribution in [1.82, 2.24) is 15.5 Å². The van der Waals surface area contributed by atoms with E-state index in [2.05, 4.69) is 17.6 Å². The fourth-order valence-electron chi connectivity index (χ4n) is 5.63. The van der Waals surface area contributed by atoms with Gasteiger partial charge in [-0.2, -0.15) is 0 Å². The van der Waals surface area contributed by atoms with Crippen molar-refractivity contribution in [1.29, 1.82) is 0 Å². The molecule has 8 heteroatoms. The van der Waals surface area contributed by atoms with Crippen LogP contribution in [0.1, 0.15) is 63.5 Å². The Kier molecular flexibility index (Phi) is 5.69. The number of benzene rings is 1. The molecule has 0 bridgehead atoms. The van der Waals surface area contributed by atoms with Gasteiger partial charge < -0.3 is 15.5 Å². The predicted molar refractivity (Wildman–Crippen MR) is 115 cm³/mol. The Labute approximate surface area is 186 Å². The van der Waals surface area contributed by atoms with Gasteiger partial charge in [-0.25, -0.2) is 9.18 Å². The highest BCUT2D eigenvalue weighted by Crippen LogP contribution is 2.50. The van der Waals surface area contributed by atoms with Gasteiger partial charge in [-0.3, -0.25) is 4.79 Å². The Morgan fingerprint density at radius 2 is 2.00 bits per heavy atom. The Morgan fingerprint density at radius 1 is 1.30 bits per heavy atom. The van der Waals surface area contributed by atoms with Crippen molar-refractivity contribution in [3.63, 3.8) is 0 Å². The van der Waals surface area contributed by atoms with Crippen LogP contribution in [0.4, 0.5) is 9.18 Å². The summed E-state index contributed by atoms with van der Waals surface area (Å²) in [5.41, 5.74) is -0.355. The maximum absolute atomic E-state index is 14.9. The second kappa shape index (κ2) is 7.86. The number of hydrogen-bond donors (Lipinski definition) is 2. The second-order valence-electron chi connectivity index (χ2n) is 9.57. The van der Waals surface area contributed by atoms with Crippen molar-refractivity contribution < 1.29 is 14.0 Å². The molecule has 3 amide bonds. The lowest BCUT2D eigenvalue weighted by atomic mass is 9.76. The van der Waals surface area contributed by atoms with Gasteiger partial charge in [-0.1, -0.05) is 43.0 Å². The van der Waals surface area contributed by atoms with E-state index in [1.807, 2.05) is 0 Å². The molecule has 1 heterocycles. The maximum Gasteiger partial charge on any atom is 0.317 e. The smallest absolute Gasteiger partial charge is 0.317 e. The minimum absolute atomic E-state index is 0.0971. The minimum Gasteiger partial charge on any atom is -0.348 e. The summed E-state index contributed by atoms with van der Waals surface area (Å²) >= 11 is 12.6. The summed E-state index contributed by atoms with van der Waals surface area (Å²) in [5.74, 6) is -0.787. The molecule has 0 radical (unpaired) electrons. The van der Waals surface area contributed by atoms with E-state index in [0.717, 1.165) is 32.1 Å². The van der Waals surface area contributed by atoms with E-state index >= 15 is 0 Å². The molecule has 2 aliphatic carbocycles. The second-order valence-corrected chi connectivity index (χ2v) is 10.4. The third-order valence-corrected chi connectivity index (χ3v) is 8.15. The fraction of sp³-hybridized carbons (Fsp3) is 0.636. The third kappa shape index (κ3) is 3.77. The maximum atomic E-state index is 14.9. The quantitative estimate of drug-likeness (QED) is 0.622. The number of hydrogen-bond acceptors (Lipinski definition) is 2. The summed E-state index contributed by atoms with van der Waals surface area (Å²) in [6.45, 7) is 2.69. The average Bonchev–Trinajstić information content (AvgIpc) is 3.38. The van der Waals surface area contributed by atoms with Crippen LogP contribution in [0.15, 0.2) is 12.1 Å². The molecule has 0 unspecified atom stereocenters. The first-order chi connectivity index (χ1) is 14.1. The number of nitrogens with one attached hydrogen (secondary N) is 2. The van der Waals surface area contributed by atoms with Gasteiger partial charge in [0.25, 0.3) is 0 Å². The van der Waals surface area contributed by atoms with Crippen LogP contribution in [-0.2, 0) is 4.79 Å². The van der Waals surface area contributed by atoms with Gasteiger partial charge in [0.1, 0.15) is 5.82 Å². The molecule has 4 rings (SSSR count). The molecule has 5 nitrogen and oxygen atoms in total. The number of urea groups is 1. The summed E-state index contributed by atoms with van der Waals surface area (Å²) in [5, 5.41) is 6.64. The van der Waals surface area contributed by atoms with Gasteiger partial charge in [-0.15, -0.1) is 0 Å². The van der Waals surface area contributed by atoms with E-state index < -0.39 is 11.9 Å². The Bertz CT molecular complexity index is 874. The first-order valence-corrected chi connectivity index (χ1v) is 11.4. The molecule has 30 heavy (non-hydrogen) atoms. The van der Waals surface area contributed by atoms with Crippen molar-refractivity contribution in [3.8, 4) is 0 Å². The monoisotopic (exact) mass is 455 g/mol. The van der Waals surface area contributed by atoms with Crippen molar-refractivity contribution in [2.75, 3.05) is 13.6 Å². The Balaban J connectivity index is 1.58. The number of nitrogens with zero attached hydrogens (tertiary/aromatic N) is 1.